The van der Waals surface area contributed by atoms with Crippen LogP contribution in [0.3, 0.4) is 0 Å². The molecule has 0 radical (unpaired) electrons. The number of ether oxygens (including phenoxy) is 1. The summed E-state index contributed by atoms with van der Waals surface area (Å²) in [4.78, 5) is 17.5. The molecule has 5 nitrogen and oxygen atoms in total. The van der Waals surface area contributed by atoms with Crippen LogP contribution in [0.4, 0.5) is 0 Å². The van der Waals surface area contributed by atoms with Crippen LogP contribution in [0.25, 0.3) is 0 Å². The number of pyridine rings is 1. The van der Waals surface area contributed by atoms with Crippen LogP contribution in [0.15, 0.2) is 22.9 Å². The average molecular weight is 329 g/mol. The van der Waals surface area contributed by atoms with Gasteiger partial charge in [-0.25, -0.2) is 0 Å². The van der Waals surface area contributed by atoms with Crippen molar-refractivity contribution in [3.63, 3.8) is 0 Å². The number of hydrogen-bond donors (Lipinski definition) is 1. The predicted octanol–water partition coefficient (Wildman–Crippen LogP) is 1.77. The summed E-state index contributed by atoms with van der Waals surface area (Å²) in [7, 11) is 0. The zero-order valence-corrected chi connectivity index (χ0v) is 12.3. The van der Waals surface area contributed by atoms with E-state index in [1.54, 1.807) is 12.4 Å². The molecule has 1 fully saturated rings. The molecule has 1 aromatic heterocycles. The maximum Gasteiger partial charge on any atom is 0.310 e. The molecule has 2 heterocycles. The topological polar surface area (TPSA) is 62.7 Å². The second kappa shape index (κ2) is 6.45. The highest BCUT2D eigenvalue weighted by Gasteiger charge is 2.37. The summed E-state index contributed by atoms with van der Waals surface area (Å²) >= 11 is 3.39. The number of carboxylic acids is 1. The van der Waals surface area contributed by atoms with E-state index in [2.05, 4.69) is 25.8 Å². The lowest BCUT2D eigenvalue weighted by atomic mass is 10.0. The van der Waals surface area contributed by atoms with Crippen molar-refractivity contribution in [2.24, 2.45) is 5.92 Å². The zero-order valence-electron chi connectivity index (χ0n) is 10.8. The van der Waals surface area contributed by atoms with Gasteiger partial charge in [0.25, 0.3) is 0 Å². The van der Waals surface area contributed by atoms with Gasteiger partial charge < -0.3 is 9.84 Å². The molecule has 1 aliphatic heterocycles. The minimum atomic E-state index is -0.784. The smallest absolute Gasteiger partial charge is 0.310 e. The molecule has 0 aliphatic carbocycles. The molecule has 0 aromatic carbocycles. The molecule has 1 aromatic rings. The highest BCUT2D eigenvalue weighted by molar-refractivity contribution is 9.10. The van der Waals surface area contributed by atoms with Crippen molar-refractivity contribution in [3.8, 4) is 0 Å². The van der Waals surface area contributed by atoms with Crippen LogP contribution in [0, 0.1) is 5.92 Å². The van der Waals surface area contributed by atoms with Crippen LogP contribution in [0.2, 0.25) is 0 Å². The molecule has 2 unspecified atom stereocenters. The Morgan fingerprint density at radius 3 is 3.00 bits per heavy atom. The van der Waals surface area contributed by atoms with Crippen molar-refractivity contribution in [3.05, 3.63) is 28.5 Å². The molecule has 1 saturated heterocycles. The number of nitrogens with zero attached hydrogens (tertiary/aromatic N) is 2. The molecule has 0 saturated carbocycles. The van der Waals surface area contributed by atoms with Gasteiger partial charge in [0.05, 0.1) is 19.1 Å². The highest BCUT2D eigenvalue weighted by Crippen LogP contribution is 2.22. The van der Waals surface area contributed by atoms with Crippen LogP contribution in [-0.2, 0) is 16.1 Å². The number of halogens is 1. The van der Waals surface area contributed by atoms with Gasteiger partial charge >= 0.3 is 5.97 Å². The van der Waals surface area contributed by atoms with Crippen LogP contribution >= 0.6 is 15.9 Å². The highest BCUT2D eigenvalue weighted by atomic mass is 79.9. The fourth-order valence-electron chi connectivity index (χ4n) is 2.38. The summed E-state index contributed by atoms with van der Waals surface area (Å²) in [6.07, 6.45) is 3.54. The molecular formula is C13H17BrN2O3. The largest absolute Gasteiger partial charge is 0.481 e. The van der Waals surface area contributed by atoms with Crippen LogP contribution in [0.5, 0.6) is 0 Å². The van der Waals surface area contributed by atoms with Gasteiger partial charge in [-0.05, 0) is 34.1 Å². The molecule has 1 aliphatic rings. The SMILES string of the molecule is CCN(Cc1cncc(Br)c1)C1COCC1C(=O)O. The average Bonchev–Trinajstić information content (AvgIpc) is 2.85. The van der Waals surface area contributed by atoms with Gasteiger partial charge in [-0.1, -0.05) is 6.92 Å². The van der Waals surface area contributed by atoms with Crippen LogP contribution < -0.4 is 0 Å². The molecule has 6 heteroatoms. The first kappa shape index (κ1) is 14.4. The van der Waals surface area contributed by atoms with E-state index in [4.69, 9.17) is 4.74 Å². The molecule has 19 heavy (non-hydrogen) atoms. The Morgan fingerprint density at radius 2 is 2.37 bits per heavy atom. The van der Waals surface area contributed by atoms with Gasteiger partial charge in [0.2, 0.25) is 0 Å². The van der Waals surface area contributed by atoms with E-state index in [-0.39, 0.29) is 6.04 Å². The van der Waals surface area contributed by atoms with E-state index in [0.29, 0.717) is 19.8 Å². The molecule has 0 spiro atoms. The van der Waals surface area contributed by atoms with Crippen molar-refractivity contribution in [1.82, 2.24) is 9.88 Å². The first-order chi connectivity index (χ1) is 9.11. The van der Waals surface area contributed by atoms with Crippen molar-refractivity contribution in [2.45, 2.75) is 19.5 Å². The van der Waals surface area contributed by atoms with Crippen molar-refractivity contribution >= 4 is 21.9 Å². The first-order valence-corrected chi connectivity index (χ1v) is 7.05. The monoisotopic (exact) mass is 328 g/mol. The summed E-state index contributed by atoms with van der Waals surface area (Å²) in [5, 5.41) is 9.21. The zero-order chi connectivity index (χ0) is 13.8. The summed E-state index contributed by atoms with van der Waals surface area (Å²) < 4.78 is 6.26. The molecule has 0 bridgehead atoms. The Hall–Kier alpha value is -0.980. The molecule has 1 N–H and O–H groups in total. The van der Waals surface area contributed by atoms with Gasteiger partial charge in [-0.15, -0.1) is 0 Å². The van der Waals surface area contributed by atoms with E-state index in [9.17, 15) is 9.90 Å². The lowest BCUT2D eigenvalue weighted by Gasteiger charge is -2.29. The number of rotatable bonds is 5. The van der Waals surface area contributed by atoms with Crippen LogP contribution in [0.1, 0.15) is 12.5 Å². The second-order valence-corrected chi connectivity index (χ2v) is 5.54. The Balaban J connectivity index is 2.09. The minimum Gasteiger partial charge on any atom is -0.481 e. The van der Waals surface area contributed by atoms with Gasteiger partial charge in [-0.3, -0.25) is 14.7 Å². The van der Waals surface area contributed by atoms with E-state index in [0.717, 1.165) is 16.6 Å². The summed E-state index contributed by atoms with van der Waals surface area (Å²) in [6.45, 7) is 4.27. The molecular weight excluding hydrogens is 312 g/mol. The van der Waals surface area contributed by atoms with E-state index >= 15 is 0 Å². The summed E-state index contributed by atoms with van der Waals surface area (Å²) in [5.41, 5.74) is 1.06. The second-order valence-electron chi connectivity index (χ2n) is 4.62. The quantitative estimate of drug-likeness (QED) is 0.892. The van der Waals surface area contributed by atoms with E-state index in [1.165, 1.54) is 0 Å². The van der Waals surface area contributed by atoms with Crippen LogP contribution in [-0.4, -0.2) is 46.8 Å². The van der Waals surface area contributed by atoms with Gasteiger partial charge in [0.15, 0.2) is 0 Å². The van der Waals surface area contributed by atoms with Crippen molar-refractivity contribution < 1.29 is 14.6 Å². The summed E-state index contributed by atoms with van der Waals surface area (Å²) in [5.74, 6) is -1.23. The number of likely N-dealkylation sites (N-methyl/N-ethyl adjacent to an activating group) is 1. The van der Waals surface area contributed by atoms with Gasteiger partial charge in [-0.2, -0.15) is 0 Å². The lowest BCUT2D eigenvalue weighted by Crippen LogP contribution is -2.42. The Labute approximate surface area is 120 Å². The fourth-order valence-corrected chi connectivity index (χ4v) is 2.79. The van der Waals surface area contributed by atoms with E-state index in [1.807, 2.05) is 13.0 Å². The molecule has 2 atom stereocenters. The minimum absolute atomic E-state index is 0.0681. The normalized spacial score (nSPS) is 22.9. The van der Waals surface area contributed by atoms with E-state index < -0.39 is 11.9 Å². The third kappa shape index (κ3) is 3.52. The predicted molar refractivity (Wildman–Crippen MR) is 73.8 cm³/mol. The molecule has 0 amide bonds. The number of hydrogen-bond acceptors (Lipinski definition) is 4. The fraction of sp³-hybridized carbons (Fsp3) is 0.538. The Bertz CT molecular complexity index is 455. The summed E-state index contributed by atoms with van der Waals surface area (Å²) in [6, 6.07) is 1.93. The lowest BCUT2D eigenvalue weighted by molar-refractivity contribution is -0.143. The van der Waals surface area contributed by atoms with Crippen molar-refractivity contribution in [2.75, 3.05) is 19.8 Å². The number of carboxylic acid groups (broad SMARTS) is 1. The maximum absolute atomic E-state index is 11.2. The molecule has 104 valence electrons. The van der Waals surface area contributed by atoms with Gasteiger partial charge in [0, 0.05) is 29.5 Å². The van der Waals surface area contributed by atoms with Crippen molar-refractivity contribution in [1.29, 1.82) is 0 Å². The maximum atomic E-state index is 11.2. The molecule has 2 rings (SSSR count). The number of aromatic nitrogens is 1. The third-order valence-electron chi connectivity index (χ3n) is 3.39. The number of aliphatic carboxylic acids is 1. The van der Waals surface area contributed by atoms with Gasteiger partial charge in [0.1, 0.15) is 0 Å². The Kier molecular flexibility index (Phi) is 4.90. The first-order valence-electron chi connectivity index (χ1n) is 6.25. The number of carbonyl (C=O) groups is 1. The standard InChI is InChI=1S/C13H17BrN2O3/c1-2-16(6-9-3-10(14)5-15-4-9)12-8-19-7-11(12)13(17)18/h3-5,11-12H,2,6-8H2,1H3,(H,17,18). The Morgan fingerprint density at radius 1 is 1.58 bits per heavy atom. The third-order valence-corrected chi connectivity index (χ3v) is 3.82.